The van der Waals surface area contributed by atoms with E-state index in [9.17, 15) is 4.79 Å². The topological polar surface area (TPSA) is 79.5 Å². The third kappa shape index (κ3) is 7.72. The molecule has 0 aromatic carbocycles. The number of nitrogens with one attached hydrogen (secondary N) is 2. The molecular weight excluding hydrogens is 319 g/mol. The van der Waals surface area contributed by atoms with Gasteiger partial charge >= 0.3 is 0 Å². The van der Waals surface area contributed by atoms with E-state index in [4.69, 9.17) is 5.73 Å². The van der Waals surface area contributed by atoms with Crippen LogP contribution in [-0.4, -0.2) is 30.0 Å². The van der Waals surface area contributed by atoms with Crippen molar-refractivity contribution in [1.29, 1.82) is 0 Å². The van der Waals surface area contributed by atoms with Crippen molar-refractivity contribution in [1.82, 2.24) is 10.6 Å². The maximum atomic E-state index is 11.4. The first-order valence-corrected chi connectivity index (χ1v) is 5.24. The van der Waals surface area contributed by atoms with E-state index >= 15 is 0 Å². The molecule has 4 N–H and O–H groups in total. The molecule has 0 bridgehead atoms. The number of aliphatic imine (C=N–C) groups is 1. The number of carbonyl (C=O) groups is 1. The molecule has 1 amide bonds. The normalized spacial score (nSPS) is 16.3. The van der Waals surface area contributed by atoms with E-state index in [1.54, 1.807) is 0 Å². The monoisotopic (exact) mass is 340 g/mol. The Morgan fingerprint density at radius 3 is 2.44 bits per heavy atom. The van der Waals surface area contributed by atoms with Crippen LogP contribution in [0.1, 0.15) is 33.6 Å². The first kappa shape index (κ1) is 15.5. The molecule has 1 fully saturated rings. The molecule has 16 heavy (non-hydrogen) atoms. The number of carbonyl (C=O) groups excluding carboxylic acids is 1. The number of halogens is 1. The molecule has 0 spiro atoms. The van der Waals surface area contributed by atoms with E-state index in [0.29, 0.717) is 12.0 Å². The summed E-state index contributed by atoms with van der Waals surface area (Å²) in [5.74, 6) is 0.254. The Morgan fingerprint density at radius 1 is 1.44 bits per heavy atom. The van der Waals surface area contributed by atoms with Crippen LogP contribution in [0.15, 0.2) is 4.99 Å². The van der Waals surface area contributed by atoms with Gasteiger partial charge in [0.25, 0.3) is 0 Å². The molecule has 1 aliphatic rings. The lowest BCUT2D eigenvalue weighted by molar-refractivity contribution is -0.121. The van der Waals surface area contributed by atoms with Crippen molar-refractivity contribution in [2.24, 2.45) is 10.7 Å². The number of amides is 1. The van der Waals surface area contributed by atoms with E-state index in [1.165, 1.54) is 0 Å². The van der Waals surface area contributed by atoms with Crippen LogP contribution in [-0.2, 0) is 4.79 Å². The Bertz CT molecular complexity index is 268. The average molecular weight is 340 g/mol. The minimum Gasteiger partial charge on any atom is -0.370 e. The zero-order chi connectivity index (χ0) is 11.5. The number of nitrogens with two attached hydrogens (primary N) is 1. The minimum absolute atomic E-state index is 0. The highest BCUT2D eigenvalue weighted by molar-refractivity contribution is 14.0. The predicted molar refractivity (Wildman–Crippen MR) is 76.0 cm³/mol. The maximum Gasteiger partial charge on any atom is 0.242 e. The van der Waals surface area contributed by atoms with Crippen LogP contribution in [0.2, 0.25) is 0 Å². The van der Waals surface area contributed by atoms with Crippen LogP contribution in [0.4, 0.5) is 0 Å². The number of hydrogen-bond donors (Lipinski definition) is 3. The first-order chi connectivity index (χ1) is 6.87. The molecule has 0 radical (unpaired) electrons. The SMILES string of the molecule is CC(C)(C)NC(=O)CN=C(N)NC1CC1.I. The molecule has 0 aromatic rings. The zero-order valence-electron chi connectivity index (χ0n) is 10.0. The quantitative estimate of drug-likeness (QED) is 0.400. The van der Waals surface area contributed by atoms with Crippen molar-refractivity contribution in [3.05, 3.63) is 0 Å². The van der Waals surface area contributed by atoms with Gasteiger partial charge in [0.1, 0.15) is 6.54 Å². The van der Waals surface area contributed by atoms with Gasteiger partial charge in [-0.05, 0) is 33.6 Å². The molecule has 5 nitrogen and oxygen atoms in total. The van der Waals surface area contributed by atoms with E-state index in [-0.39, 0.29) is 42.0 Å². The minimum atomic E-state index is -0.217. The molecule has 1 saturated carbocycles. The van der Waals surface area contributed by atoms with Gasteiger partial charge in [0.2, 0.25) is 5.91 Å². The van der Waals surface area contributed by atoms with Crippen molar-refractivity contribution >= 4 is 35.8 Å². The van der Waals surface area contributed by atoms with Gasteiger partial charge in [-0.2, -0.15) is 0 Å². The molecule has 1 aliphatic carbocycles. The molecule has 94 valence electrons. The molecule has 0 saturated heterocycles. The van der Waals surface area contributed by atoms with Crippen LogP contribution >= 0.6 is 24.0 Å². The fourth-order valence-corrected chi connectivity index (χ4v) is 1.10. The van der Waals surface area contributed by atoms with Crippen molar-refractivity contribution in [2.75, 3.05) is 6.54 Å². The second-order valence-electron chi connectivity index (χ2n) is 4.92. The summed E-state index contributed by atoms with van der Waals surface area (Å²) in [6.45, 7) is 5.88. The fraction of sp³-hybridized carbons (Fsp3) is 0.800. The van der Waals surface area contributed by atoms with Crippen LogP contribution in [0, 0.1) is 0 Å². The van der Waals surface area contributed by atoms with Gasteiger partial charge in [0.05, 0.1) is 0 Å². The smallest absolute Gasteiger partial charge is 0.242 e. The second-order valence-corrected chi connectivity index (χ2v) is 4.92. The van der Waals surface area contributed by atoms with E-state index in [0.717, 1.165) is 12.8 Å². The first-order valence-electron chi connectivity index (χ1n) is 5.24. The van der Waals surface area contributed by atoms with Crippen molar-refractivity contribution < 1.29 is 4.79 Å². The van der Waals surface area contributed by atoms with Crippen LogP contribution in [0.5, 0.6) is 0 Å². The number of nitrogens with zero attached hydrogens (tertiary/aromatic N) is 1. The van der Waals surface area contributed by atoms with Crippen LogP contribution in [0.3, 0.4) is 0 Å². The summed E-state index contributed by atoms with van der Waals surface area (Å²) < 4.78 is 0. The van der Waals surface area contributed by atoms with E-state index in [2.05, 4.69) is 15.6 Å². The van der Waals surface area contributed by atoms with Gasteiger partial charge < -0.3 is 16.4 Å². The van der Waals surface area contributed by atoms with Gasteiger partial charge in [0.15, 0.2) is 5.96 Å². The van der Waals surface area contributed by atoms with Gasteiger partial charge in [-0.3, -0.25) is 4.79 Å². The Hall–Kier alpha value is -0.530. The van der Waals surface area contributed by atoms with Gasteiger partial charge in [-0.25, -0.2) is 4.99 Å². The summed E-state index contributed by atoms with van der Waals surface area (Å²) in [5, 5.41) is 5.83. The lowest BCUT2D eigenvalue weighted by atomic mass is 10.1. The molecule has 0 unspecified atom stereocenters. The average Bonchev–Trinajstić information content (AvgIpc) is 2.81. The summed E-state index contributed by atoms with van der Waals surface area (Å²) in [6, 6.07) is 0.472. The fourth-order valence-electron chi connectivity index (χ4n) is 1.10. The Morgan fingerprint density at radius 2 is 2.00 bits per heavy atom. The lowest BCUT2D eigenvalue weighted by Crippen LogP contribution is -2.42. The molecule has 6 heteroatoms. The van der Waals surface area contributed by atoms with Crippen LogP contribution < -0.4 is 16.4 Å². The standard InChI is InChI=1S/C10H20N4O.HI/c1-10(2,3)14-8(15)6-12-9(11)13-7-4-5-7;/h7H,4-6H2,1-3H3,(H,14,15)(H3,11,12,13);1H. The molecular formula is C10H21IN4O. The summed E-state index contributed by atoms with van der Waals surface area (Å²) >= 11 is 0. The Labute approximate surface area is 114 Å². The highest BCUT2D eigenvalue weighted by Gasteiger charge is 2.21. The third-order valence-electron chi connectivity index (χ3n) is 1.84. The molecule has 0 aliphatic heterocycles. The third-order valence-corrected chi connectivity index (χ3v) is 1.84. The second kappa shape index (κ2) is 6.27. The van der Waals surface area contributed by atoms with Crippen molar-refractivity contribution in [3.8, 4) is 0 Å². The summed E-state index contributed by atoms with van der Waals surface area (Å²) in [7, 11) is 0. The highest BCUT2D eigenvalue weighted by Crippen LogP contribution is 2.17. The summed E-state index contributed by atoms with van der Waals surface area (Å²) in [5.41, 5.74) is 5.37. The number of hydrogen-bond acceptors (Lipinski definition) is 2. The van der Waals surface area contributed by atoms with Gasteiger partial charge in [-0.15, -0.1) is 24.0 Å². The molecule has 0 atom stereocenters. The lowest BCUT2D eigenvalue weighted by Gasteiger charge is -2.19. The van der Waals surface area contributed by atoms with Crippen LogP contribution in [0.25, 0.3) is 0 Å². The van der Waals surface area contributed by atoms with Crippen molar-refractivity contribution in [2.45, 2.75) is 45.2 Å². The zero-order valence-corrected chi connectivity index (χ0v) is 12.4. The Balaban J connectivity index is 0.00000225. The van der Waals surface area contributed by atoms with E-state index in [1.807, 2.05) is 20.8 Å². The largest absolute Gasteiger partial charge is 0.370 e. The van der Waals surface area contributed by atoms with E-state index < -0.39 is 0 Å². The van der Waals surface area contributed by atoms with Crippen molar-refractivity contribution in [3.63, 3.8) is 0 Å². The molecule has 1 rings (SSSR count). The van der Waals surface area contributed by atoms with Gasteiger partial charge in [-0.1, -0.05) is 0 Å². The maximum absolute atomic E-state index is 11.4. The molecule has 0 aromatic heterocycles. The summed E-state index contributed by atoms with van der Waals surface area (Å²) in [6.07, 6.45) is 2.29. The summed E-state index contributed by atoms with van der Waals surface area (Å²) in [4.78, 5) is 15.3. The molecule has 0 heterocycles. The Kier molecular flexibility index (Phi) is 6.06. The van der Waals surface area contributed by atoms with Gasteiger partial charge in [0, 0.05) is 11.6 Å². The number of rotatable bonds is 3. The highest BCUT2D eigenvalue weighted by atomic mass is 127. The number of guanidine groups is 1. The predicted octanol–water partition coefficient (Wildman–Crippen LogP) is 0.586.